The number of hydrogen-bond donors (Lipinski definition) is 1. The molecule has 2 N–H and O–H groups in total. The van der Waals surface area contributed by atoms with Crippen LogP contribution in [0, 0.1) is 0 Å². The summed E-state index contributed by atoms with van der Waals surface area (Å²) in [7, 11) is 0. The Kier molecular flexibility index (Phi) is 12.9. The Bertz CT molecular complexity index is 431. The van der Waals surface area contributed by atoms with Gasteiger partial charge in [0.2, 0.25) is 5.91 Å². The first-order valence-corrected chi connectivity index (χ1v) is 10.8. The molecule has 1 fully saturated rings. The van der Waals surface area contributed by atoms with E-state index in [0.29, 0.717) is 6.42 Å². The highest BCUT2D eigenvalue weighted by Crippen LogP contribution is 2.27. The van der Waals surface area contributed by atoms with E-state index in [2.05, 4.69) is 6.92 Å². The van der Waals surface area contributed by atoms with Crippen LogP contribution in [0.15, 0.2) is 11.6 Å². The molecule has 4 heteroatoms. The fourth-order valence-electron chi connectivity index (χ4n) is 3.46. The predicted molar refractivity (Wildman–Crippen MR) is 107 cm³/mol. The molecule has 0 aromatic heterocycles. The van der Waals surface area contributed by atoms with Gasteiger partial charge in [-0.3, -0.25) is 4.79 Å². The van der Waals surface area contributed by atoms with Crippen molar-refractivity contribution < 1.29 is 14.3 Å². The number of primary amides is 1. The van der Waals surface area contributed by atoms with Crippen molar-refractivity contribution in [1.82, 2.24) is 0 Å². The first-order chi connectivity index (χ1) is 12.6. The van der Waals surface area contributed by atoms with Gasteiger partial charge in [-0.05, 0) is 32.1 Å². The minimum Gasteiger partial charge on any atom is -0.454 e. The zero-order chi connectivity index (χ0) is 19.0. The summed E-state index contributed by atoms with van der Waals surface area (Å²) in [5, 5.41) is 0. The molecule has 1 saturated heterocycles. The molecule has 1 aliphatic heterocycles. The number of nitrogens with two attached hydrogens (primary N) is 1. The average Bonchev–Trinajstić information content (AvgIpc) is 2.61. The fraction of sp³-hybridized carbons (Fsp3) is 0.818. The number of rotatable bonds is 17. The van der Waals surface area contributed by atoms with E-state index in [1.54, 1.807) is 0 Å². The number of ether oxygens (including phenoxy) is 1. The number of hydrogen-bond acceptors (Lipinski definition) is 3. The van der Waals surface area contributed by atoms with E-state index in [9.17, 15) is 9.59 Å². The van der Waals surface area contributed by atoms with Gasteiger partial charge in [-0.1, -0.05) is 77.2 Å². The quantitative estimate of drug-likeness (QED) is 0.208. The molecule has 0 spiro atoms. The largest absolute Gasteiger partial charge is 0.454 e. The number of amides is 1. The maximum Gasteiger partial charge on any atom is 0.338 e. The lowest BCUT2D eigenvalue weighted by molar-refractivity contribution is -0.156. The van der Waals surface area contributed by atoms with Crippen LogP contribution in [0.3, 0.4) is 0 Å². The number of esters is 1. The first-order valence-electron chi connectivity index (χ1n) is 10.8. The van der Waals surface area contributed by atoms with E-state index in [1.807, 2.05) is 6.08 Å². The summed E-state index contributed by atoms with van der Waals surface area (Å²) in [5.41, 5.74) is 5.96. The Hall–Kier alpha value is -1.32. The highest BCUT2D eigenvalue weighted by Gasteiger charge is 2.34. The third-order valence-corrected chi connectivity index (χ3v) is 5.14. The van der Waals surface area contributed by atoms with Crippen molar-refractivity contribution in [2.75, 3.05) is 0 Å². The van der Waals surface area contributed by atoms with Gasteiger partial charge in [0, 0.05) is 6.42 Å². The van der Waals surface area contributed by atoms with Crippen molar-refractivity contribution >= 4 is 11.9 Å². The van der Waals surface area contributed by atoms with Gasteiger partial charge in [0.1, 0.15) is 6.10 Å². The molecule has 26 heavy (non-hydrogen) atoms. The van der Waals surface area contributed by atoms with Gasteiger partial charge in [-0.2, -0.15) is 0 Å². The summed E-state index contributed by atoms with van der Waals surface area (Å²) < 4.78 is 5.26. The molecular formula is C22H39NO3. The zero-order valence-electron chi connectivity index (χ0n) is 16.8. The van der Waals surface area contributed by atoms with Crippen molar-refractivity contribution in [2.45, 2.75) is 116 Å². The number of carbonyl (C=O) groups is 2. The molecule has 150 valence electrons. The van der Waals surface area contributed by atoms with Gasteiger partial charge >= 0.3 is 5.97 Å². The molecule has 1 unspecified atom stereocenters. The summed E-state index contributed by atoms with van der Waals surface area (Å²) in [4.78, 5) is 22.2. The molecule has 1 heterocycles. The van der Waals surface area contributed by atoms with Crippen LogP contribution < -0.4 is 5.73 Å². The maximum atomic E-state index is 11.5. The van der Waals surface area contributed by atoms with Crippen molar-refractivity contribution in [1.29, 1.82) is 0 Å². The van der Waals surface area contributed by atoms with Crippen LogP contribution >= 0.6 is 0 Å². The van der Waals surface area contributed by atoms with Crippen LogP contribution in [0.4, 0.5) is 0 Å². The number of allylic oxidation sites excluding steroid dienone is 1. The Morgan fingerprint density at radius 1 is 0.923 bits per heavy atom. The Balaban J connectivity index is 1.96. The average molecular weight is 366 g/mol. The van der Waals surface area contributed by atoms with Crippen molar-refractivity contribution in [3.63, 3.8) is 0 Å². The van der Waals surface area contributed by atoms with Gasteiger partial charge in [0.05, 0.1) is 5.57 Å². The fourth-order valence-corrected chi connectivity index (χ4v) is 3.46. The summed E-state index contributed by atoms with van der Waals surface area (Å²) in [6.45, 7) is 2.26. The van der Waals surface area contributed by atoms with E-state index in [0.717, 1.165) is 37.7 Å². The molecule has 0 saturated carbocycles. The molecule has 1 amide bonds. The zero-order valence-corrected chi connectivity index (χ0v) is 16.8. The molecule has 0 aromatic rings. The van der Waals surface area contributed by atoms with Gasteiger partial charge in [0.25, 0.3) is 0 Å². The lowest BCUT2D eigenvalue weighted by atomic mass is 9.96. The predicted octanol–water partition coefficient (Wildman–Crippen LogP) is 5.59. The number of carbonyl (C=O) groups excluding carboxylic acids is 2. The first kappa shape index (κ1) is 22.7. The number of unbranched alkanes of at least 4 members (excludes halogenated alkanes) is 12. The smallest absolute Gasteiger partial charge is 0.338 e. The van der Waals surface area contributed by atoms with Gasteiger partial charge in [-0.15, -0.1) is 0 Å². The molecule has 0 aliphatic carbocycles. The normalized spacial score (nSPS) is 18.0. The second kappa shape index (κ2) is 14.8. The Labute approximate surface area is 159 Å². The lowest BCUT2D eigenvalue weighted by Gasteiger charge is -2.29. The Morgan fingerprint density at radius 2 is 1.50 bits per heavy atom. The molecule has 0 aromatic carbocycles. The summed E-state index contributed by atoms with van der Waals surface area (Å²) in [6, 6.07) is 0. The summed E-state index contributed by atoms with van der Waals surface area (Å²) in [6.07, 6.45) is 20.5. The molecule has 1 aliphatic rings. The van der Waals surface area contributed by atoms with Crippen LogP contribution in [0.25, 0.3) is 0 Å². The standard InChI is InChI=1S/C22H39NO3/c1-2-3-4-5-6-7-8-9-10-11-14-17-20-19(22(25)26-20)16-13-12-15-18-21(23)24/h16,20H,2-15,17-18H2,1H3,(H2,23,24)/b19-16-. The molecular weight excluding hydrogens is 326 g/mol. The van der Waals surface area contributed by atoms with E-state index in [1.165, 1.54) is 64.2 Å². The third-order valence-electron chi connectivity index (χ3n) is 5.14. The van der Waals surface area contributed by atoms with Crippen LogP contribution in [0.5, 0.6) is 0 Å². The topological polar surface area (TPSA) is 69.4 Å². The number of cyclic esters (lactones) is 1. The molecule has 0 bridgehead atoms. The third kappa shape index (κ3) is 10.6. The Morgan fingerprint density at radius 3 is 2.04 bits per heavy atom. The van der Waals surface area contributed by atoms with E-state index < -0.39 is 0 Å². The maximum absolute atomic E-state index is 11.5. The van der Waals surface area contributed by atoms with Gasteiger partial charge < -0.3 is 10.5 Å². The highest BCUT2D eigenvalue weighted by molar-refractivity contribution is 5.95. The highest BCUT2D eigenvalue weighted by atomic mass is 16.6. The van der Waals surface area contributed by atoms with Crippen LogP contribution in [-0.2, 0) is 14.3 Å². The second-order valence-corrected chi connectivity index (χ2v) is 7.59. The van der Waals surface area contributed by atoms with Gasteiger partial charge in [-0.25, -0.2) is 4.79 Å². The van der Waals surface area contributed by atoms with Crippen molar-refractivity contribution in [3.05, 3.63) is 11.6 Å². The summed E-state index contributed by atoms with van der Waals surface area (Å²) in [5.74, 6) is -0.414. The van der Waals surface area contributed by atoms with Crippen LogP contribution in [0.2, 0.25) is 0 Å². The lowest BCUT2D eigenvalue weighted by Crippen LogP contribution is -2.36. The van der Waals surface area contributed by atoms with Crippen molar-refractivity contribution in [2.24, 2.45) is 5.73 Å². The second-order valence-electron chi connectivity index (χ2n) is 7.59. The van der Waals surface area contributed by atoms with Gasteiger partial charge in [0.15, 0.2) is 0 Å². The van der Waals surface area contributed by atoms with Crippen molar-refractivity contribution in [3.8, 4) is 0 Å². The molecule has 1 rings (SSSR count). The van der Waals surface area contributed by atoms with E-state index >= 15 is 0 Å². The summed E-state index contributed by atoms with van der Waals surface area (Å²) >= 11 is 0. The van der Waals surface area contributed by atoms with Crippen LogP contribution in [-0.4, -0.2) is 18.0 Å². The minimum absolute atomic E-state index is 0.0113. The molecule has 1 atom stereocenters. The minimum atomic E-state index is -0.255. The van der Waals surface area contributed by atoms with E-state index in [4.69, 9.17) is 10.5 Å². The SMILES string of the molecule is CCCCCCCCCCCCCC1OC(=O)/C1=C\CCCCC(N)=O. The molecule has 0 radical (unpaired) electrons. The van der Waals surface area contributed by atoms with Crippen LogP contribution in [0.1, 0.15) is 110 Å². The monoisotopic (exact) mass is 365 g/mol. The van der Waals surface area contributed by atoms with E-state index in [-0.39, 0.29) is 18.0 Å². The molecule has 4 nitrogen and oxygen atoms in total.